The summed E-state index contributed by atoms with van der Waals surface area (Å²) in [5.41, 5.74) is 11.1. The van der Waals surface area contributed by atoms with Crippen molar-refractivity contribution in [3.63, 3.8) is 0 Å². The number of imidazole rings is 1. The van der Waals surface area contributed by atoms with E-state index in [-0.39, 0.29) is 0 Å². The summed E-state index contributed by atoms with van der Waals surface area (Å²) in [6.45, 7) is 0. The summed E-state index contributed by atoms with van der Waals surface area (Å²) in [6, 6.07) is 77.4. The molecule has 7 heteroatoms. The Morgan fingerprint density at radius 2 is 0.866 bits per heavy atom. The number of benzene rings is 9. The van der Waals surface area contributed by atoms with Crippen LogP contribution in [0, 0.1) is 0 Å². The van der Waals surface area contributed by atoms with Crippen molar-refractivity contribution in [2.24, 2.45) is 0 Å². The third-order valence-corrected chi connectivity index (χ3v) is 12.7. The van der Waals surface area contributed by atoms with Gasteiger partial charge in [0.05, 0.1) is 27.9 Å². The second-order valence-electron chi connectivity index (χ2n) is 16.7. The number of rotatable bonds is 7. The number of para-hydroxylation sites is 2. The molecule has 9 aromatic carbocycles. The molecule has 4 aromatic heterocycles. The average molecular weight is 856 g/mol. The molecule has 13 aromatic rings. The highest BCUT2D eigenvalue weighted by Crippen LogP contribution is 2.40. The lowest BCUT2D eigenvalue weighted by Gasteiger charge is -2.13. The van der Waals surface area contributed by atoms with E-state index >= 15 is 0 Å². The first-order valence-electron chi connectivity index (χ1n) is 22.4. The van der Waals surface area contributed by atoms with Crippen LogP contribution in [0.3, 0.4) is 0 Å². The monoisotopic (exact) mass is 855 g/mol. The number of pyridine rings is 2. The molecule has 0 aliphatic rings. The van der Waals surface area contributed by atoms with Crippen molar-refractivity contribution in [1.82, 2.24) is 34.5 Å². The summed E-state index contributed by atoms with van der Waals surface area (Å²) in [6.07, 6.45) is 0. The summed E-state index contributed by atoms with van der Waals surface area (Å²) >= 11 is 0. The van der Waals surface area contributed by atoms with Gasteiger partial charge in [-0.25, -0.2) is 29.9 Å². The molecule has 0 N–H and O–H groups in total. The fourth-order valence-corrected chi connectivity index (χ4v) is 9.50. The maximum Gasteiger partial charge on any atom is 0.182 e. The Morgan fingerprint density at radius 1 is 0.313 bits per heavy atom. The molecule has 0 saturated heterocycles. The average Bonchev–Trinajstić information content (AvgIpc) is 3.81. The Morgan fingerprint density at radius 3 is 1.57 bits per heavy atom. The molecule has 7 nitrogen and oxygen atoms in total. The zero-order valence-corrected chi connectivity index (χ0v) is 36.0. The Hall–Kier alpha value is -9.20. The van der Waals surface area contributed by atoms with E-state index in [9.17, 15) is 0 Å². The second-order valence-corrected chi connectivity index (χ2v) is 16.7. The predicted molar refractivity (Wildman–Crippen MR) is 273 cm³/mol. The minimum absolute atomic E-state index is 0.500. The molecule has 0 fully saturated rings. The fraction of sp³-hybridized carbons (Fsp3) is 0. The number of nitrogens with zero attached hydrogens (tertiary/aromatic N) is 7. The van der Waals surface area contributed by atoms with Crippen LogP contribution in [0.25, 0.3) is 128 Å². The van der Waals surface area contributed by atoms with Crippen molar-refractivity contribution < 1.29 is 0 Å². The summed E-state index contributed by atoms with van der Waals surface area (Å²) < 4.78 is 2.26. The lowest BCUT2D eigenvalue weighted by atomic mass is 9.97. The summed E-state index contributed by atoms with van der Waals surface area (Å²) in [5, 5.41) is 7.58. The van der Waals surface area contributed by atoms with Crippen molar-refractivity contribution >= 4 is 54.3 Å². The van der Waals surface area contributed by atoms with Gasteiger partial charge in [-0.2, -0.15) is 0 Å². The van der Waals surface area contributed by atoms with Crippen LogP contribution in [0.15, 0.2) is 224 Å². The Bertz CT molecular complexity index is 3920. The lowest BCUT2D eigenvalue weighted by Crippen LogP contribution is -2.02. The highest BCUT2D eigenvalue weighted by molar-refractivity contribution is 6.20. The molecular weight excluding hydrogens is 819 g/mol. The molecule has 312 valence electrons. The summed E-state index contributed by atoms with van der Waals surface area (Å²) in [7, 11) is 0. The van der Waals surface area contributed by atoms with Gasteiger partial charge in [0.15, 0.2) is 17.5 Å². The van der Waals surface area contributed by atoms with E-state index < -0.39 is 0 Å². The normalized spacial score (nSPS) is 11.6. The minimum atomic E-state index is 0.500. The maximum atomic E-state index is 5.46. The van der Waals surface area contributed by atoms with Gasteiger partial charge in [-0.1, -0.05) is 188 Å². The van der Waals surface area contributed by atoms with Gasteiger partial charge >= 0.3 is 0 Å². The quantitative estimate of drug-likeness (QED) is 0.149. The molecule has 13 rings (SSSR count). The van der Waals surface area contributed by atoms with Crippen LogP contribution < -0.4 is 0 Å². The zero-order valence-electron chi connectivity index (χ0n) is 36.0. The van der Waals surface area contributed by atoms with Gasteiger partial charge in [0, 0.05) is 44.3 Å². The first-order valence-corrected chi connectivity index (χ1v) is 22.4. The molecule has 0 bridgehead atoms. The van der Waals surface area contributed by atoms with E-state index in [4.69, 9.17) is 29.9 Å². The molecular formula is C60H37N7. The second kappa shape index (κ2) is 15.8. The SMILES string of the molecule is c1ccc(-c2nc3c4c(-c5ccc(-c6cccc(-c7nc(-c8cccc9ccccc89)nc(-c8cccc9ccccc89)n7)n6)cc5)nc5ccccc5c4ccc3n2-c2ccccc2)cc1. The first kappa shape index (κ1) is 38.3. The van der Waals surface area contributed by atoms with Crippen LogP contribution in [0.4, 0.5) is 0 Å². The van der Waals surface area contributed by atoms with Crippen molar-refractivity contribution in [3.05, 3.63) is 224 Å². The van der Waals surface area contributed by atoms with Crippen LogP contribution in [-0.4, -0.2) is 34.5 Å². The molecule has 0 unspecified atom stereocenters. The zero-order chi connectivity index (χ0) is 44.3. The van der Waals surface area contributed by atoms with E-state index in [1.807, 2.05) is 36.4 Å². The molecule has 0 amide bonds. The van der Waals surface area contributed by atoms with Crippen molar-refractivity contribution in [1.29, 1.82) is 0 Å². The largest absolute Gasteiger partial charge is 0.292 e. The van der Waals surface area contributed by atoms with E-state index in [0.29, 0.717) is 23.2 Å². The van der Waals surface area contributed by atoms with Crippen LogP contribution in [0.5, 0.6) is 0 Å². The molecule has 0 atom stereocenters. The van der Waals surface area contributed by atoms with Crippen molar-refractivity contribution in [3.8, 4) is 73.9 Å². The van der Waals surface area contributed by atoms with Gasteiger partial charge in [0.1, 0.15) is 11.5 Å². The van der Waals surface area contributed by atoms with Crippen LogP contribution in [0.2, 0.25) is 0 Å². The molecule has 0 radical (unpaired) electrons. The Labute approximate surface area is 385 Å². The van der Waals surface area contributed by atoms with Crippen molar-refractivity contribution in [2.75, 3.05) is 0 Å². The summed E-state index contributed by atoms with van der Waals surface area (Å²) in [5.74, 6) is 2.56. The van der Waals surface area contributed by atoms with E-state index in [0.717, 1.165) is 105 Å². The molecule has 4 heterocycles. The minimum Gasteiger partial charge on any atom is -0.292 e. The lowest BCUT2D eigenvalue weighted by molar-refractivity contribution is 1.06. The van der Waals surface area contributed by atoms with Gasteiger partial charge in [-0.3, -0.25) is 4.57 Å². The van der Waals surface area contributed by atoms with Crippen LogP contribution in [0.1, 0.15) is 0 Å². The van der Waals surface area contributed by atoms with E-state index in [2.05, 4.69) is 193 Å². The highest BCUT2D eigenvalue weighted by Gasteiger charge is 2.22. The van der Waals surface area contributed by atoms with Gasteiger partial charge in [-0.15, -0.1) is 0 Å². The molecule has 67 heavy (non-hydrogen) atoms. The highest BCUT2D eigenvalue weighted by atomic mass is 15.1. The number of aromatic nitrogens is 7. The number of fused-ring (bicyclic) bond motifs is 7. The third kappa shape index (κ3) is 6.60. The Balaban J connectivity index is 0.950. The molecule has 0 saturated carbocycles. The molecule has 0 spiro atoms. The van der Waals surface area contributed by atoms with Crippen molar-refractivity contribution in [2.45, 2.75) is 0 Å². The standard InChI is InChI=1S/C60H37N7/c1-3-18-42(19-4-1)60-63-56-53(67(60)43-22-5-2-6-23-43)37-36-47-46-26-11-12-29-51(46)62-55(54(47)56)41-34-32-40(33-35-41)50-30-15-31-52(61-50)59-65-57(48-27-13-20-38-16-7-9-24-44(38)48)64-58(66-59)49-28-14-21-39-17-8-10-25-45(39)49/h1-37H. The number of hydrogen-bond donors (Lipinski definition) is 0. The topological polar surface area (TPSA) is 82.3 Å². The van der Waals surface area contributed by atoms with Crippen LogP contribution >= 0.6 is 0 Å². The van der Waals surface area contributed by atoms with Gasteiger partial charge in [0.2, 0.25) is 0 Å². The maximum absolute atomic E-state index is 5.46. The third-order valence-electron chi connectivity index (χ3n) is 12.7. The van der Waals surface area contributed by atoms with Crippen LogP contribution in [-0.2, 0) is 0 Å². The van der Waals surface area contributed by atoms with Gasteiger partial charge in [0.25, 0.3) is 0 Å². The smallest absolute Gasteiger partial charge is 0.182 e. The predicted octanol–water partition coefficient (Wildman–Crippen LogP) is 14.6. The summed E-state index contributed by atoms with van der Waals surface area (Å²) in [4.78, 5) is 31.5. The van der Waals surface area contributed by atoms with E-state index in [1.54, 1.807) is 0 Å². The Kier molecular flexibility index (Phi) is 9.03. The first-order chi connectivity index (χ1) is 33.2. The fourth-order valence-electron chi connectivity index (χ4n) is 9.50. The molecule has 0 aliphatic carbocycles. The van der Waals surface area contributed by atoms with Gasteiger partial charge < -0.3 is 0 Å². The van der Waals surface area contributed by atoms with Gasteiger partial charge in [-0.05, 0) is 63.3 Å². The number of hydrogen-bond acceptors (Lipinski definition) is 6. The molecule has 0 aliphatic heterocycles. The van der Waals surface area contributed by atoms with E-state index in [1.165, 1.54) is 0 Å².